The molecule has 1 amide bonds. The van der Waals surface area contributed by atoms with Crippen molar-refractivity contribution < 1.29 is 28.7 Å². The summed E-state index contributed by atoms with van der Waals surface area (Å²) in [6.45, 7) is 6.00. The number of fused-ring (bicyclic) bond motifs is 1. The number of hydrogen-bond acceptors (Lipinski definition) is 7. The van der Waals surface area contributed by atoms with Crippen molar-refractivity contribution in [2.45, 2.75) is 26.9 Å². The summed E-state index contributed by atoms with van der Waals surface area (Å²) in [5.74, 6) is -0.958. The molecule has 2 rings (SSSR count). The molecule has 0 spiro atoms. The van der Waals surface area contributed by atoms with Gasteiger partial charge in [0.1, 0.15) is 13.2 Å². The second-order valence-corrected chi connectivity index (χ2v) is 6.03. The monoisotopic (exact) mass is 366 g/mol. The number of carbonyl (C=O) groups excluding carboxylic acids is 2. The second kappa shape index (κ2) is 8.61. The molecule has 0 aliphatic carbocycles. The average molecular weight is 366 g/mol. The standard InChI is InChI=1S/C17H22N2O7/c1-4-24-7-8-25-15(20)10-18-13-6-5-12(19(22)23)9-14(13)26-16(11(2)3)17(18)21/h5-6,9,11,16H,4,7-8,10H2,1-3H3. The lowest BCUT2D eigenvalue weighted by Gasteiger charge is -2.35. The number of nitro groups is 1. The molecule has 1 atom stereocenters. The van der Waals surface area contributed by atoms with Crippen LogP contribution in [0.3, 0.4) is 0 Å². The zero-order valence-electron chi connectivity index (χ0n) is 15.0. The van der Waals surface area contributed by atoms with Crippen molar-refractivity contribution in [2.75, 3.05) is 31.3 Å². The molecule has 142 valence electrons. The van der Waals surface area contributed by atoms with Crippen LogP contribution in [0.5, 0.6) is 5.75 Å². The van der Waals surface area contributed by atoms with Crippen molar-refractivity contribution >= 4 is 23.3 Å². The van der Waals surface area contributed by atoms with Crippen LogP contribution < -0.4 is 9.64 Å². The molecule has 0 fully saturated rings. The van der Waals surface area contributed by atoms with Gasteiger partial charge in [0.2, 0.25) is 0 Å². The Morgan fingerprint density at radius 1 is 1.38 bits per heavy atom. The molecule has 0 bridgehead atoms. The van der Waals surface area contributed by atoms with Gasteiger partial charge in [-0.1, -0.05) is 13.8 Å². The highest BCUT2D eigenvalue weighted by Gasteiger charge is 2.38. The molecule has 1 aromatic rings. The van der Waals surface area contributed by atoms with E-state index >= 15 is 0 Å². The summed E-state index contributed by atoms with van der Waals surface area (Å²) in [5.41, 5.74) is 0.152. The maximum absolute atomic E-state index is 12.7. The minimum atomic E-state index is -0.833. The fourth-order valence-electron chi connectivity index (χ4n) is 2.51. The zero-order chi connectivity index (χ0) is 19.3. The number of nitro benzene ring substituents is 1. The maximum atomic E-state index is 12.7. The van der Waals surface area contributed by atoms with E-state index in [9.17, 15) is 19.7 Å². The number of ether oxygens (including phenoxy) is 3. The Bertz CT molecular complexity index is 690. The highest BCUT2D eigenvalue weighted by molar-refractivity contribution is 6.03. The van der Waals surface area contributed by atoms with Gasteiger partial charge in [0.05, 0.1) is 23.3 Å². The number of esters is 1. The molecule has 0 saturated carbocycles. The first-order valence-electron chi connectivity index (χ1n) is 8.35. The van der Waals surface area contributed by atoms with E-state index in [4.69, 9.17) is 14.2 Å². The zero-order valence-corrected chi connectivity index (χ0v) is 15.0. The number of nitrogens with zero attached hydrogens (tertiary/aromatic N) is 2. The van der Waals surface area contributed by atoms with E-state index in [1.165, 1.54) is 23.1 Å². The van der Waals surface area contributed by atoms with Crippen molar-refractivity contribution in [1.82, 2.24) is 0 Å². The molecule has 1 heterocycles. The van der Waals surface area contributed by atoms with Crippen molar-refractivity contribution in [3.63, 3.8) is 0 Å². The van der Waals surface area contributed by atoms with Crippen LogP contribution in [0, 0.1) is 16.0 Å². The highest BCUT2D eigenvalue weighted by Crippen LogP contribution is 2.38. The van der Waals surface area contributed by atoms with E-state index in [1.807, 2.05) is 6.92 Å². The summed E-state index contributed by atoms with van der Waals surface area (Å²) >= 11 is 0. The van der Waals surface area contributed by atoms with Crippen LogP contribution in [0.2, 0.25) is 0 Å². The van der Waals surface area contributed by atoms with Crippen LogP contribution in [-0.2, 0) is 19.1 Å². The van der Waals surface area contributed by atoms with Gasteiger partial charge in [-0.15, -0.1) is 0 Å². The number of carbonyl (C=O) groups is 2. The predicted octanol–water partition coefficient (Wildman–Crippen LogP) is 1.92. The van der Waals surface area contributed by atoms with Crippen LogP contribution in [0.1, 0.15) is 20.8 Å². The molecule has 9 nitrogen and oxygen atoms in total. The number of hydrogen-bond donors (Lipinski definition) is 0. The molecule has 0 N–H and O–H groups in total. The summed E-state index contributed by atoms with van der Waals surface area (Å²) in [4.78, 5) is 36.4. The molecule has 1 unspecified atom stereocenters. The van der Waals surface area contributed by atoms with Gasteiger partial charge in [0.15, 0.2) is 11.9 Å². The first-order valence-corrected chi connectivity index (χ1v) is 8.35. The fourth-order valence-corrected chi connectivity index (χ4v) is 2.51. The second-order valence-electron chi connectivity index (χ2n) is 6.03. The molecule has 0 radical (unpaired) electrons. The van der Waals surface area contributed by atoms with Gasteiger partial charge in [0, 0.05) is 12.7 Å². The summed E-state index contributed by atoms with van der Waals surface area (Å²) in [7, 11) is 0. The average Bonchev–Trinajstić information content (AvgIpc) is 2.60. The smallest absolute Gasteiger partial charge is 0.326 e. The van der Waals surface area contributed by atoms with Crippen LogP contribution in [0.4, 0.5) is 11.4 Å². The Morgan fingerprint density at radius 2 is 2.12 bits per heavy atom. The molecule has 0 aromatic heterocycles. The lowest BCUT2D eigenvalue weighted by atomic mass is 10.0. The predicted molar refractivity (Wildman–Crippen MR) is 92.2 cm³/mol. The number of non-ortho nitro benzene ring substituents is 1. The molecule has 1 aromatic carbocycles. The Kier molecular flexibility index (Phi) is 6.51. The van der Waals surface area contributed by atoms with Crippen LogP contribution in [0.15, 0.2) is 18.2 Å². The number of benzene rings is 1. The molecule has 9 heteroatoms. The van der Waals surface area contributed by atoms with Gasteiger partial charge in [0.25, 0.3) is 11.6 Å². The third-order valence-corrected chi connectivity index (χ3v) is 3.80. The largest absolute Gasteiger partial charge is 0.478 e. The van der Waals surface area contributed by atoms with Crippen molar-refractivity contribution in [2.24, 2.45) is 5.92 Å². The van der Waals surface area contributed by atoms with Crippen molar-refractivity contribution in [1.29, 1.82) is 0 Å². The quantitative estimate of drug-likeness (QED) is 0.299. The van der Waals surface area contributed by atoms with Crippen molar-refractivity contribution in [3.05, 3.63) is 28.3 Å². The fraction of sp³-hybridized carbons (Fsp3) is 0.529. The Labute approximate surface area is 151 Å². The van der Waals surface area contributed by atoms with E-state index in [1.54, 1.807) is 13.8 Å². The van der Waals surface area contributed by atoms with Gasteiger partial charge >= 0.3 is 5.97 Å². The van der Waals surface area contributed by atoms with Gasteiger partial charge in [-0.05, 0) is 18.9 Å². The van der Waals surface area contributed by atoms with E-state index in [0.717, 1.165) is 0 Å². The lowest BCUT2D eigenvalue weighted by molar-refractivity contribution is -0.384. The Morgan fingerprint density at radius 3 is 2.73 bits per heavy atom. The van der Waals surface area contributed by atoms with E-state index < -0.39 is 17.0 Å². The van der Waals surface area contributed by atoms with Gasteiger partial charge in [-0.3, -0.25) is 24.6 Å². The van der Waals surface area contributed by atoms with Gasteiger partial charge in [-0.25, -0.2) is 0 Å². The summed E-state index contributed by atoms with van der Waals surface area (Å²) in [6.07, 6.45) is -0.833. The third kappa shape index (κ3) is 4.48. The number of rotatable bonds is 8. The minimum Gasteiger partial charge on any atom is -0.478 e. The lowest BCUT2D eigenvalue weighted by Crippen LogP contribution is -2.50. The SMILES string of the molecule is CCOCCOC(=O)CN1C(=O)C(C(C)C)Oc2cc([N+](=O)[O-])ccc21. The molecule has 0 saturated heterocycles. The first kappa shape index (κ1) is 19.6. The van der Waals surface area contributed by atoms with Crippen LogP contribution in [-0.4, -0.2) is 49.3 Å². The van der Waals surface area contributed by atoms with E-state index in [-0.39, 0.29) is 43.0 Å². The Hall–Kier alpha value is -2.68. The van der Waals surface area contributed by atoms with Crippen LogP contribution >= 0.6 is 0 Å². The molecule has 1 aliphatic heterocycles. The van der Waals surface area contributed by atoms with Crippen LogP contribution in [0.25, 0.3) is 0 Å². The minimum absolute atomic E-state index is 0.0892. The number of amides is 1. The maximum Gasteiger partial charge on any atom is 0.326 e. The summed E-state index contributed by atoms with van der Waals surface area (Å²) in [6, 6.07) is 3.92. The number of anilines is 1. The normalized spacial score (nSPS) is 16.2. The molecule has 26 heavy (non-hydrogen) atoms. The molecular weight excluding hydrogens is 344 g/mol. The highest BCUT2D eigenvalue weighted by atomic mass is 16.6. The topological polar surface area (TPSA) is 108 Å². The van der Waals surface area contributed by atoms with Gasteiger partial charge in [-0.2, -0.15) is 0 Å². The van der Waals surface area contributed by atoms with E-state index in [2.05, 4.69) is 0 Å². The Balaban J connectivity index is 2.22. The van der Waals surface area contributed by atoms with E-state index in [0.29, 0.717) is 12.3 Å². The third-order valence-electron chi connectivity index (χ3n) is 3.80. The van der Waals surface area contributed by atoms with Crippen molar-refractivity contribution in [3.8, 4) is 5.75 Å². The summed E-state index contributed by atoms with van der Waals surface area (Å²) in [5, 5.41) is 11.0. The first-order chi connectivity index (χ1) is 12.3. The van der Waals surface area contributed by atoms with Gasteiger partial charge < -0.3 is 14.2 Å². The molecule has 1 aliphatic rings. The summed E-state index contributed by atoms with van der Waals surface area (Å²) < 4.78 is 15.8. The molecular formula is C17H22N2O7.